The quantitative estimate of drug-likeness (QED) is 0.740. The molecule has 2 rings (SSSR count). The van der Waals surface area contributed by atoms with Crippen LogP contribution in [0.15, 0.2) is 12.4 Å². The van der Waals surface area contributed by atoms with Gasteiger partial charge in [0.25, 0.3) is 0 Å². The Morgan fingerprint density at radius 3 is 3.05 bits per heavy atom. The maximum atomic E-state index is 11.3. The Morgan fingerprint density at radius 1 is 1.47 bits per heavy atom. The van der Waals surface area contributed by atoms with Gasteiger partial charge in [0.05, 0.1) is 25.8 Å². The molecule has 1 aromatic rings. The lowest BCUT2D eigenvalue weighted by Crippen LogP contribution is -2.22. The molecule has 1 aromatic heterocycles. The lowest BCUT2D eigenvalue weighted by molar-refractivity contribution is -0.141. The van der Waals surface area contributed by atoms with Gasteiger partial charge in [0.15, 0.2) is 0 Å². The molecule has 6 nitrogen and oxygen atoms in total. The molecule has 1 aliphatic rings. The van der Waals surface area contributed by atoms with E-state index in [1.165, 1.54) is 7.11 Å². The number of carbonyl (C=O) groups excluding carboxylic acids is 1. The van der Waals surface area contributed by atoms with Crippen LogP contribution in [-0.4, -0.2) is 43.2 Å². The minimum absolute atomic E-state index is 0.144. The standard InChI is InChI=1S/C13H19N3O3/c1-18-8-11-6-12(15-9-14-11)16-4-3-10(7-16)5-13(17)19-2/h6,9-10H,3-5,7-8H2,1-2H3/t10-/m1/s1. The Kier molecular flexibility index (Phi) is 4.68. The van der Waals surface area contributed by atoms with Crippen molar-refractivity contribution in [3.63, 3.8) is 0 Å². The monoisotopic (exact) mass is 265 g/mol. The summed E-state index contributed by atoms with van der Waals surface area (Å²) in [6, 6.07) is 1.93. The summed E-state index contributed by atoms with van der Waals surface area (Å²) in [6.45, 7) is 2.22. The van der Waals surface area contributed by atoms with Crippen molar-refractivity contribution in [2.75, 3.05) is 32.2 Å². The van der Waals surface area contributed by atoms with Gasteiger partial charge in [-0.05, 0) is 12.3 Å². The molecule has 0 aliphatic carbocycles. The molecule has 0 radical (unpaired) electrons. The highest BCUT2D eigenvalue weighted by Gasteiger charge is 2.25. The minimum Gasteiger partial charge on any atom is -0.469 e. The molecule has 0 N–H and O–H groups in total. The lowest BCUT2D eigenvalue weighted by atomic mass is 10.1. The van der Waals surface area contributed by atoms with E-state index in [0.717, 1.165) is 31.0 Å². The zero-order valence-corrected chi connectivity index (χ0v) is 11.3. The Hall–Kier alpha value is -1.69. The molecule has 0 bridgehead atoms. The smallest absolute Gasteiger partial charge is 0.305 e. The van der Waals surface area contributed by atoms with Crippen LogP contribution in [0.2, 0.25) is 0 Å². The molecule has 1 aliphatic heterocycles. The van der Waals surface area contributed by atoms with Crippen LogP contribution >= 0.6 is 0 Å². The average Bonchev–Trinajstić information content (AvgIpc) is 2.88. The van der Waals surface area contributed by atoms with Crippen LogP contribution in [0.3, 0.4) is 0 Å². The maximum Gasteiger partial charge on any atom is 0.305 e. The number of rotatable bonds is 5. The van der Waals surface area contributed by atoms with Gasteiger partial charge >= 0.3 is 5.97 Å². The van der Waals surface area contributed by atoms with Crippen molar-refractivity contribution in [3.8, 4) is 0 Å². The third-order valence-corrected chi connectivity index (χ3v) is 3.29. The van der Waals surface area contributed by atoms with Gasteiger partial charge in [0, 0.05) is 26.3 Å². The third kappa shape index (κ3) is 3.64. The molecule has 0 spiro atoms. The second-order valence-electron chi connectivity index (χ2n) is 4.68. The van der Waals surface area contributed by atoms with Gasteiger partial charge in [-0.1, -0.05) is 0 Å². The molecular formula is C13H19N3O3. The number of ether oxygens (including phenoxy) is 2. The van der Waals surface area contributed by atoms with Gasteiger partial charge in [-0.3, -0.25) is 4.79 Å². The van der Waals surface area contributed by atoms with E-state index in [9.17, 15) is 4.79 Å². The Labute approximate surface area is 112 Å². The Morgan fingerprint density at radius 2 is 2.32 bits per heavy atom. The minimum atomic E-state index is -0.144. The Balaban J connectivity index is 1.96. The van der Waals surface area contributed by atoms with Crippen LogP contribution in [-0.2, 0) is 20.9 Å². The second-order valence-corrected chi connectivity index (χ2v) is 4.68. The summed E-state index contributed by atoms with van der Waals surface area (Å²) in [6.07, 6.45) is 3.01. The van der Waals surface area contributed by atoms with Crippen molar-refractivity contribution in [1.29, 1.82) is 0 Å². The zero-order valence-electron chi connectivity index (χ0n) is 11.3. The lowest BCUT2D eigenvalue weighted by Gasteiger charge is -2.17. The molecule has 0 amide bonds. The SMILES string of the molecule is COCc1cc(N2CC[C@H](CC(=O)OC)C2)ncn1. The molecule has 0 unspecified atom stereocenters. The van der Waals surface area contributed by atoms with Crippen molar-refractivity contribution in [2.24, 2.45) is 5.92 Å². The van der Waals surface area contributed by atoms with Crippen molar-refractivity contribution in [2.45, 2.75) is 19.4 Å². The average molecular weight is 265 g/mol. The molecule has 0 saturated carbocycles. The first kappa shape index (κ1) is 13.7. The van der Waals surface area contributed by atoms with Gasteiger partial charge in [-0.15, -0.1) is 0 Å². The summed E-state index contributed by atoms with van der Waals surface area (Å²) in [5.41, 5.74) is 0.865. The van der Waals surface area contributed by atoms with Crippen LogP contribution in [0, 0.1) is 5.92 Å². The predicted molar refractivity (Wildman–Crippen MR) is 69.7 cm³/mol. The molecule has 6 heteroatoms. The fourth-order valence-electron chi connectivity index (χ4n) is 2.31. The van der Waals surface area contributed by atoms with E-state index in [1.807, 2.05) is 6.07 Å². The number of nitrogens with zero attached hydrogens (tertiary/aromatic N) is 3. The summed E-state index contributed by atoms with van der Waals surface area (Å²) < 4.78 is 9.77. The molecule has 2 heterocycles. The fourth-order valence-corrected chi connectivity index (χ4v) is 2.31. The molecular weight excluding hydrogens is 246 g/mol. The summed E-state index contributed by atoms with van der Waals surface area (Å²) in [5, 5.41) is 0. The largest absolute Gasteiger partial charge is 0.469 e. The first-order valence-corrected chi connectivity index (χ1v) is 6.34. The first-order valence-electron chi connectivity index (χ1n) is 6.34. The molecule has 104 valence electrons. The molecule has 19 heavy (non-hydrogen) atoms. The van der Waals surface area contributed by atoms with Crippen molar-refractivity contribution >= 4 is 11.8 Å². The number of hydrogen-bond donors (Lipinski definition) is 0. The summed E-state index contributed by atoms with van der Waals surface area (Å²) in [5.74, 6) is 1.09. The normalized spacial score (nSPS) is 18.6. The number of carbonyl (C=O) groups is 1. The van der Waals surface area contributed by atoms with Gasteiger partial charge in [-0.2, -0.15) is 0 Å². The Bertz CT molecular complexity index is 439. The van der Waals surface area contributed by atoms with E-state index < -0.39 is 0 Å². The van der Waals surface area contributed by atoms with Crippen LogP contribution in [0.25, 0.3) is 0 Å². The van der Waals surface area contributed by atoms with Crippen molar-refractivity contribution in [1.82, 2.24) is 9.97 Å². The summed E-state index contributed by atoms with van der Waals surface area (Å²) >= 11 is 0. The molecule has 1 atom stereocenters. The number of aromatic nitrogens is 2. The van der Waals surface area contributed by atoms with E-state index >= 15 is 0 Å². The zero-order chi connectivity index (χ0) is 13.7. The summed E-state index contributed by atoms with van der Waals surface area (Å²) in [7, 11) is 3.07. The van der Waals surface area contributed by atoms with Crippen LogP contribution < -0.4 is 4.90 Å². The first-order chi connectivity index (χ1) is 9.22. The van der Waals surface area contributed by atoms with Crippen molar-refractivity contribution in [3.05, 3.63) is 18.1 Å². The number of anilines is 1. The van der Waals surface area contributed by atoms with Gasteiger partial charge in [0.2, 0.25) is 0 Å². The van der Waals surface area contributed by atoms with Crippen LogP contribution in [0.4, 0.5) is 5.82 Å². The van der Waals surface area contributed by atoms with E-state index in [2.05, 4.69) is 14.9 Å². The van der Waals surface area contributed by atoms with E-state index in [0.29, 0.717) is 18.9 Å². The van der Waals surface area contributed by atoms with E-state index in [-0.39, 0.29) is 5.97 Å². The molecule has 1 fully saturated rings. The number of esters is 1. The molecule has 0 aromatic carbocycles. The topological polar surface area (TPSA) is 64.5 Å². The molecule has 1 saturated heterocycles. The van der Waals surface area contributed by atoms with Crippen LogP contribution in [0.5, 0.6) is 0 Å². The second kappa shape index (κ2) is 6.47. The third-order valence-electron chi connectivity index (χ3n) is 3.29. The maximum absolute atomic E-state index is 11.3. The van der Waals surface area contributed by atoms with Gasteiger partial charge in [-0.25, -0.2) is 9.97 Å². The highest BCUT2D eigenvalue weighted by molar-refractivity contribution is 5.69. The van der Waals surface area contributed by atoms with E-state index in [1.54, 1.807) is 13.4 Å². The highest BCUT2D eigenvalue weighted by Crippen LogP contribution is 2.24. The number of hydrogen-bond acceptors (Lipinski definition) is 6. The number of methoxy groups -OCH3 is 2. The fraction of sp³-hybridized carbons (Fsp3) is 0.615. The predicted octanol–water partition coefficient (Wildman–Crippen LogP) is 1.01. The van der Waals surface area contributed by atoms with Gasteiger partial charge < -0.3 is 14.4 Å². The summed E-state index contributed by atoms with van der Waals surface area (Å²) in [4.78, 5) is 21.9. The van der Waals surface area contributed by atoms with Crippen molar-refractivity contribution < 1.29 is 14.3 Å². The van der Waals surface area contributed by atoms with E-state index in [4.69, 9.17) is 9.47 Å². The van der Waals surface area contributed by atoms with Crippen LogP contribution in [0.1, 0.15) is 18.5 Å². The van der Waals surface area contributed by atoms with Gasteiger partial charge in [0.1, 0.15) is 12.1 Å². The highest BCUT2D eigenvalue weighted by atomic mass is 16.5.